The molecule has 0 fully saturated rings. The molecule has 0 saturated heterocycles. The van der Waals surface area contributed by atoms with Crippen molar-refractivity contribution in [3.63, 3.8) is 0 Å². The van der Waals surface area contributed by atoms with Gasteiger partial charge in [0.2, 0.25) is 0 Å². The summed E-state index contributed by atoms with van der Waals surface area (Å²) in [6.07, 6.45) is 1.97. The lowest BCUT2D eigenvalue weighted by molar-refractivity contribution is -0.119. The Hall–Kier alpha value is -0.0700. The SMILES string of the molecule is CSc1nnc(SCC(=O)C(C)C)s1. The molecule has 0 aliphatic heterocycles. The summed E-state index contributed by atoms with van der Waals surface area (Å²) in [5.41, 5.74) is 0. The van der Waals surface area contributed by atoms with Crippen molar-refractivity contribution in [3.8, 4) is 0 Å². The molecule has 3 nitrogen and oxygen atoms in total. The zero-order chi connectivity index (χ0) is 10.6. The Labute approximate surface area is 96.1 Å². The van der Waals surface area contributed by atoms with Gasteiger partial charge >= 0.3 is 0 Å². The normalized spacial score (nSPS) is 10.9. The van der Waals surface area contributed by atoms with E-state index in [2.05, 4.69) is 10.2 Å². The Morgan fingerprint density at radius 2 is 2.07 bits per heavy atom. The van der Waals surface area contributed by atoms with E-state index in [0.29, 0.717) is 5.75 Å². The predicted molar refractivity (Wildman–Crippen MR) is 62.3 cm³/mol. The fraction of sp³-hybridized carbons (Fsp3) is 0.625. The third-order valence-corrected chi connectivity index (χ3v) is 4.60. The minimum atomic E-state index is 0.107. The predicted octanol–water partition coefficient (Wildman–Crippen LogP) is 2.58. The number of Topliss-reactive ketones (excluding diaryl/α,β-unsaturated/α-hetero) is 1. The van der Waals surface area contributed by atoms with Gasteiger partial charge < -0.3 is 0 Å². The third-order valence-electron chi connectivity index (χ3n) is 1.54. The zero-order valence-corrected chi connectivity index (χ0v) is 10.8. The first-order chi connectivity index (χ1) is 6.63. The van der Waals surface area contributed by atoms with Crippen LogP contribution in [0, 0.1) is 5.92 Å². The smallest absolute Gasteiger partial charge is 0.175 e. The van der Waals surface area contributed by atoms with E-state index in [-0.39, 0.29) is 11.7 Å². The molecule has 1 rings (SSSR count). The summed E-state index contributed by atoms with van der Waals surface area (Å²) in [7, 11) is 0. The molecule has 0 aliphatic rings. The van der Waals surface area contributed by atoms with Crippen LogP contribution in [-0.4, -0.2) is 28.0 Å². The molecule has 0 aromatic carbocycles. The van der Waals surface area contributed by atoms with Crippen molar-refractivity contribution >= 4 is 40.6 Å². The van der Waals surface area contributed by atoms with Crippen molar-refractivity contribution in [2.75, 3.05) is 12.0 Å². The van der Waals surface area contributed by atoms with Crippen LogP contribution in [0.4, 0.5) is 0 Å². The van der Waals surface area contributed by atoms with Gasteiger partial charge in [0.15, 0.2) is 8.68 Å². The molecular formula is C8H12N2OS3. The maximum Gasteiger partial charge on any atom is 0.175 e. The van der Waals surface area contributed by atoms with Crippen LogP contribution in [0.5, 0.6) is 0 Å². The largest absolute Gasteiger partial charge is 0.298 e. The number of carbonyl (C=O) groups is 1. The van der Waals surface area contributed by atoms with Gasteiger partial charge in [-0.25, -0.2) is 0 Å². The standard InChI is InChI=1S/C8H12N2OS3/c1-5(2)6(11)4-13-8-10-9-7(12-3)14-8/h5H,4H2,1-3H3. The number of hydrogen-bond acceptors (Lipinski definition) is 6. The fourth-order valence-electron chi connectivity index (χ4n) is 0.638. The average molecular weight is 248 g/mol. The van der Waals surface area contributed by atoms with E-state index in [1.54, 1.807) is 11.8 Å². The fourth-order valence-corrected chi connectivity index (χ4v) is 3.15. The van der Waals surface area contributed by atoms with Crippen LogP contribution >= 0.6 is 34.9 Å². The second kappa shape index (κ2) is 5.72. The molecule has 0 bridgehead atoms. The number of ketones is 1. The van der Waals surface area contributed by atoms with Crippen molar-refractivity contribution < 1.29 is 4.79 Å². The number of nitrogens with zero attached hydrogens (tertiary/aromatic N) is 2. The van der Waals surface area contributed by atoms with Crippen LogP contribution in [0.3, 0.4) is 0 Å². The molecule has 0 unspecified atom stereocenters. The number of rotatable bonds is 5. The van der Waals surface area contributed by atoms with Crippen molar-refractivity contribution in [3.05, 3.63) is 0 Å². The molecule has 1 aromatic rings. The zero-order valence-electron chi connectivity index (χ0n) is 8.31. The highest BCUT2D eigenvalue weighted by atomic mass is 32.2. The number of thioether (sulfide) groups is 2. The highest BCUT2D eigenvalue weighted by Gasteiger charge is 2.10. The molecule has 0 aliphatic carbocycles. The summed E-state index contributed by atoms with van der Waals surface area (Å²) in [5, 5.41) is 7.93. The Morgan fingerprint density at radius 1 is 1.43 bits per heavy atom. The van der Waals surface area contributed by atoms with Gasteiger partial charge in [-0.15, -0.1) is 10.2 Å². The van der Waals surface area contributed by atoms with Gasteiger partial charge in [-0.05, 0) is 6.26 Å². The van der Waals surface area contributed by atoms with Crippen LogP contribution in [-0.2, 0) is 4.79 Å². The van der Waals surface area contributed by atoms with Gasteiger partial charge in [0.05, 0.1) is 5.75 Å². The molecule has 0 N–H and O–H groups in total. The molecule has 0 spiro atoms. The van der Waals surface area contributed by atoms with Gasteiger partial charge in [-0.3, -0.25) is 4.79 Å². The molecule has 0 atom stereocenters. The van der Waals surface area contributed by atoms with E-state index in [1.807, 2.05) is 20.1 Å². The minimum absolute atomic E-state index is 0.107. The van der Waals surface area contributed by atoms with Crippen LogP contribution < -0.4 is 0 Å². The van der Waals surface area contributed by atoms with Crippen molar-refractivity contribution in [1.82, 2.24) is 10.2 Å². The summed E-state index contributed by atoms with van der Waals surface area (Å²) in [4.78, 5) is 11.3. The lowest BCUT2D eigenvalue weighted by Crippen LogP contribution is -2.09. The Morgan fingerprint density at radius 3 is 2.57 bits per heavy atom. The number of aromatic nitrogens is 2. The summed E-state index contributed by atoms with van der Waals surface area (Å²) >= 11 is 4.59. The lowest BCUT2D eigenvalue weighted by Gasteiger charge is -2.00. The number of carbonyl (C=O) groups excluding carboxylic acids is 1. The van der Waals surface area contributed by atoms with E-state index in [1.165, 1.54) is 23.1 Å². The van der Waals surface area contributed by atoms with Gasteiger partial charge in [-0.1, -0.05) is 48.7 Å². The molecule has 6 heteroatoms. The molecule has 1 aromatic heterocycles. The van der Waals surface area contributed by atoms with E-state index in [9.17, 15) is 4.79 Å². The van der Waals surface area contributed by atoms with Gasteiger partial charge in [-0.2, -0.15) is 0 Å². The molecule has 0 amide bonds. The van der Waals surface area contributed by atoms with E-state index < -0.39 is 0 Å². The highest BCUT2D eigenvalue weighted by Crippen LogP contribution is 2.27. The minimum Gasteiger partial charge on any atom is -0.298 e. The van der Waals surface area contributed by atoms with Crippen molar-refractivity contribution in [2.24, 2.45) is 5.92 Å². The molecular weight excluding hydrogens is 236 g/mol. The second-order valence-corrected chi connectivity index (χ2v) is 6.20. The molecule has 1 heterocycles. The van der Waals surface area contributed by atoms with Gasteiger partial charge in [0, 0.05) is 5.92 Å². The van der Waals surface area contributed by atoms with Gasteiger partial charge in [0.25, 0.3) is 0 Å². The topological polar surface area (TPSA) is 42.9 Å². The molecule has 0 saturated carbocycles. The Balaban J connectivity index is 2.41. The molecule has 14 heavy (non-hydrogen) atoms. The first kappa shape index (κ1) is 12.0. The van der Waals surface area contributed by atoms with Crippen LogP contribution in [0.1, 0.15) is 13.8 Å². The van der Waals surface area contributed by atoms with Gasteiger partial charge in [0.1, 0.15) is 5.78 Å². The Bertz CT molecular complexity index is 311. The second-order valence-electron chi connectivity index (χ2n) is 2.95. The van der Waals surface area contributed by atoms with E-state index in [0.717, 1.165) is 8.68 Å². The lowest BCUT2D eigenvalue weighted by atomic mass is 10.1. The van der Waals surface area contributed by atoms with Crippen LogP contribution in [0.25, 0.3) is 0 Å². The van der Waals surface area contributed by atoms with Crippen molar-refractivity contribution in [2.45, 2.75) is 22.5 Å². The summed E-state index contributed by atoms with van der Waals surface area (Å²) in [6, 6.07) is 0. The van der Waals surface area contributed by atoms with Crippen LogP contribution in [0.15, 0.2) is 8.68 Å². The summed E-state index contributed by atoms with van der Waals surface area (Å²) < 4.78 is 1.83. The van der Waals surface area contributed by atoms with E-state index >= 15 is 0 Å². The monoisotopic (exact) mass is 248 g/mol. The Kier molecular flexibility index (Phi) is 4.91. The highest BCUT2D eigenvalue weighted by molar-refractivity contribution is 8.03. The molecule has 0 radical (unpaired) electrons. The molecule has 78 valence electrons. The average Bonchev–Trinajstić information content (AvgIpc) is 2.61. The summed E-state index contributed by atoms with van der Waals surface area (Å²) in [6.45, 7) is 3.83. The summed E-state index contributed by atoms with van der Waals surface area (Å²) in [5.74, 6) is 0.868. The quantitative estimate of drug-likeness (QED) is 0.749. The first-order valence-corrected chi connectivity index (χ1v) is 7.19. The number of hydrogen-bond donors (Lipinski definition) is 0. The van der Waals surface area contributed by atoms with Crippen LogP contribution in [0.2, 0.25) is 0 Å². The van der Waals surface area contributed by atoms with Crippen molar-refractivity contribution in [1.29, 1.82) is 0 Å². The maximum absolute atomic E-state index is 11.3. The maximum atomic E-state index is 11.3. The first-order valence-electron chi connectivity index (χ1n) is 4.16. The van der Waals surface area contributed by atoms with E-state index in [4.69, 9.17) is 0 Å². The third kappa shape index (κ3) is 3.59.